The molecule has 1 aliphatic carbocycles. The Bertz CT molecular complexity index is 858. The predicted molar refractivity (Wildman–Crippen MR) is 125 cm³/mol. The summed E-state index contributed by atoms with van der Waals surface area (Å²) in [5.74, 6) is -0.279. The fraction of sp³-hybridized carbons (Fsp3) is 0.652. The van der Waals surface area contributed by atoms with Crippen molar-refractivity contribution in [1.82, 2.24) is 9.80 Å². The molecule has 2 aliphatic heterocycles. The van der Waals surface area contributed by atoms with E-state index in [4.69, 9.17) is 0 Å². The van der Waals surface area contributed by atoms with E-state index >= 15 is 0 Å². The SMILES string of the molecule is CN(C(=O)Cc1ccc2c(c1)NC(=O)CS2(O)O)[C@H](CN1CCC(O)C1)C1CCCCC1. The molecular weight excluding hydrogens is 430 g/mol. The van der Waals surface area contributed by atoms with E-state index in [0.717, 1.165) is 37.9 Å². The van der Waals surface area contributed by atoms with Gasteiger partial charge in [0.15, 0.2) is 0 Å². The minimum absolute atomic E-state index is 0.00834. The summed E-state index contributed by atoms with van der Waals surface area (Å²) in [7, 11) is -1.25. The Labute approximate surface area is 191 Å². The Kier molecular flexibility index (Phi) is 7.11. The monoisotopic (exact) mass is 465 g/mol. The number of aliphatic hydroxyl groups excluding tert-OH is 1. The number of likely N-dealkylation sites (N-methyl/N-ethyl adjacent to an activating group) is 1. The number of aliphatic hydroxyl groups is 1. The lowest BCUT2D eigenvalue weighted by molar-refractivity contribution is -0.133. The lowest BCUT2D eigenvalue weighted by Crippen LogP contribution is -2.49. The van der Waals surface area contributed by atoms with Crippen LogP contribution >= 0.6 is 10.6 Å². The van der Waals surface area contributed by atoms with E-state index in [2.05, 4.69) is 10.2 Å². The van der Waals surface area contributed by atoms with Crippen molar-refractivity contribution in [1.29, 1.82) is 0 Å². The first-order valence-corrected chi connectivity index (χ1v) is 13.3. The summed E-state index contributed by atoms with van der Waals surface area (Å²) in [6, 6.07) is 5.13. The van der Waals surface area contributed by atoms with E-state index in [1.54, 1.807) is 18.2 Å². The molecule has 1 aromatic rings. The van der Waals surface area contributed by atoms with Crippen LogP contribution in [0.15, 0.2) is 23.1 Å². The van der Waals surface area contributed by atoms with Gasteiger partial charge in [0.25, 0.3) is 0 Å². The second-order valence-electron chi connectivity index (χ2n) is 9.54. The number of anilines is 1. The van der Waals surface area contributed by atoms with E-state index in [1.807, 2.05) is 11.9 Å². The predicted octanol–water partition coefficient (Wildman–Crippen LogP) is 2.76. The molecule has 0 bridgehead atoms. The minimum Gasteiger partial charge on any atom is -0.392 e. The zero-order valence-electron chi connectivity index (χ0n) is 18.7. The van der Waals surface area contributed by atoms with Crippen LogP contribution in [0.25, 0.3) is 0 Å². The van der Waals surface area contributed by atoms with Gasteiger partial charge in [-0.2, -0.15) is 10.6 Å². The largest absolute Gasteiger partial charge is 0.392 e. The zero-order chi connectivity index (χ0) is 22.9. The number of rotatable bonds is 6. The average Bonchev–Trinajstić information content (AvgIpc) is 3.16. The lowest BCUT2D eigenvalue weighted by Gasteiger charge is -2.39. The third-order valence-electron chi connectivity index (χ3n) is 7.14. The number of nitrogens with one attached hydrogen (secondary N) is 1. The topological polar surface area (TPSA) is 113 Å². The number of likely N-dealkylation sites (tertiary alicyclic amines) is 1. The first-order chi connectivity index (χ1) is 15.2. The van der Waals surface area contributed by atoms with Crippen molar-refractivity contribution < 1.29 is 23.8 Å². The normalized spacial score (nSPS) is 25.6. The third-order valence-corrected chi connectivity index (χ3v) is 8.86. The molecule has 1 aromatic carbocycles. The van der Waals surface area contributed by atoms with Crippen molar-refractivity contribution in [3.63, 3.8) is 0 Å². The number of nitrogens with zero attached hydrogens (tertiary/aromatic N) is 2. The van der Waals surface area contributed by atoms with E-state index in [1.165, 1.54) is 19.3 Å². The number of amides is 2. The molecule has 2 fully saturated rings. The van der Waals surface area contributed by atoms with Crippen molar-refractivity contribution in [2.45, 2.75) is 62.0 Å². The van der Waals surface area contributed by atoms with Gasteiger partial charge in [-0.25, -0.2) is 0 Å². The van der Waals surface area contributed by atoms with Gasteiger partial charge in [-0.15, -0.1) is 0 Å². The highest BCUT2D eigenvalue weighted by molar-refractivity contribution is 8.25. The van der Waals surface area contributed by atoms with Gasteiger partial charge in [-0.3, -0.25) is 23.6 Å². The molecule has 0 spiro atoms. The fourth-order valence-corrected chi connectivity index (χ4v) is 6.69. The van der Waals surface area contributed by atoms with Crippen molar-refractivity contribution >= 4 is 28.1 Å². The van der Waals surface area contributed by atoms with Crippen LogP contribution in [0.4, 0.5) is 5.69 Å². The summed E-state index contributed by atoms with van der Waals surface area (Å²) < 4.78 is 20.4. The van der Waals surface area contributed by atoms with Gasteiger partial charge in [-0.05, 0) is 42.9 Å². The summed E-state index contributed by atoms with van der Waals surface area (Å²) in [6.45, 7) is 2.32. The molecular formula is C23H35N3O5S. The summed E-state index contributed by atoms with van der Waals surface area (Å²) in [4.78, 5) is 29.6. The van der Waals surface area contributed by atoms with Crippen LogP contribution in [0, 0.1) is 5.92 Å². The molecule has 0 radical (unpaired) electrons. The smallest absolute Gasteiger partial charge is 0.244 e. The quantitative estimate of drug-likeness (QED) is 0.514. The molecule has 3 aliphatic rings. The van der Waals surface area contributed by atoms with Gasteiger partial charge in [0.05, 0.1) is 23.1 Å². The van der Waals surface area contributed by atoms with Crippen molar-refractivity contribution in [3.8, 4) is 0 Å². The van der Waals surface area contributed by atoms with Crippen LogP contribution in [0.5, 0.6) is 0 Å². The Hall–Kier alpha value is -1.65. The molecule has 8 nitrogen and oxygen atoms in total. The van der Waals surface area contributed by atoms with E-state index in [-0.39, 0.29) is 30.2 Å². The molecule has 4 rings (SSSR count). The van der Waals surface area contributed by atoms with Crippen LogP contribution in [0.1, 0.15) is 44.1 Å². The number of hydrogen-bond donors (Lipinski definition) is 4. The molecule has 1 unspecified atom stereocenters. The van der Waals surface area contributed by atoms with Gasteiger partial charge in [-0.1, -0.05) is 25.3 Å². The maximum atomic E-state index is 13.3. The Morgan fingerprint density at radius 3 is 2.69 bits per heavy atom. The van der Waals surface area contributed by atoms with Crippen LogP contribution in [0.2, 0.25) is 0 Å². The van der Waals surface area contributed by atoms with Crippen LogP contribution in [-0.4, -0.2) is 80.4 Å². The van der Waals surface area contributed by atoms with Crippen molar-refractivity contribution in [2.24, 2.45) is 5.92 Å². The van der Waals surface area contributed by atoms with Gasteiger partial charge in [0.1, 0.15) is 5.75 Å². The number of fused-ring (bicyclic) bond motifs is 1. The Morgan fingerprint density at radius 2 is 2.00 bits per heavy atom. The lowest BCUT2D eigenvalue weighted by atomic mass is 9.83. The number of benzene rings is 1. The molecule has 1 saturated heterocycles. The second kappa shape index (κ2) is 9.69. The molecule has 178 valence electrons. The van der Waals surface area contributed by atoms with Crippen molar-refractivity contribution in [3.05, 3.63) is 23.8 Å². The maximum Gasteiger partial charge on any atom is 0.244 e. The molecule has 1 saturated carbocycles. The van der Waals surface area contributed by atoms with Gasteiger partial charge in [0.2, 0.25) is 11.8 Å². The Balaban J connectivity index is 1.47. The van der Waals surface area contributed by atoms with Gasteiger partial charge in [0, 0.05) is 32.7 Å². The Morgan fingerprint density at radius 1 is 1.25 bits per heavy atom. The molecule has 4 N–H and O–H groups in total. The van der Waals surface area contributed by atoms with Gasteiger partial charge < -0.3 is 15.3 Å². The second-order valence-corrected chi connectivity index (χ2v) is 11.6. The number of carbonyl (C=O) groups excluding carboxylic acids is 2. The summed E-state index contributed by atoms with van der Waals surface area (Å²) in [6.07, 6.45) is 6.60. The van der Waals surface area contributed by atoms with Gasteiger partial charge >= 0.3 is 0 Å². The number of hydrogen-bond acceptors (Lipinski definition) is 6. The zero-order valence-corrected chi connectivity index (χ0v) is 19.5. The summed E-state index contributed by atoms with van der Waals surface area (Å²) in [5.41, 5.74) is 1.11. The maximum absolute atomic E-state index is 13.3. The van der Waals surface area contributed by atoms with Crippen LogP contribution in [0.3, 0.4) is 0 Å². The van der Waals surface area contributed by atoms with Crippen LogP contribution < -0.4 is 5.32 Å². The molecule has 0 aromatic heterocycles. The molecule has 2 atom stereocenters. The third kappa shape index (κ3) is 5.28. The van der Waals surface area contributed by atoms with E-state index < -0.39 is 16.5 Å². The fourth-order valence-electron chi connectivity index (χ4n) is 5.35. The minimum atomic E-state index is -3.13. The average molecular weight is 466 g/mol. The van der Waals surface area contributed by atoms with Crippen molar-refractivity contribution in [2.75, 3.05) is 37.8 Å². The first-order valence-electron chi connectivity index (χ1n) is 11.6. The van der Waals surface area contributed by atoms with E-state index in [9.17, 15) is 23.8 Å². The molecule has 2 amide bonds. The summed E-state index contributed by atoms with van der Waals surface area (Å²) in [5, 5.41) is 12.6. The highest BCUT2D eigenvalue weighted by atomic mass is 32.3. The standard InChI is InChI=1S/C23H35N3O5S/c1-25(20(17-5-3-2-4-6-17)14-26-10-9-18(27)13-26)23(29)12-16-7-8-21-19(11-16)24-22(28)15-32(21,30)31/h7-8,11,17-18,20,27,30-31H,2-6,9-10,12-15H2,1H3,(H,24,28)/t18?,20-/m1/s1. The van der Waals surface area contributed by atoms with E-state index in [0.29, 0.717) is 23.0 Å². The number of carbonyl (C=O) groups is 2. The molecule has 2 heterocycles. The molecule has 9 heteroatoms. The highest BCUT2D eigenvalue weighted by Gasteiger charge is 2.34. The molecule has 32 heavy (non-hydrogen) atoms. The number of β-amino-alcohol motifs (C(OH)–C–C–N with tert-alkyl or cyclic N) is 1. The highest BCUT2D eigenvalue weighted by Crippen LogP contribution is 2.53. The van der Waals surface area contributed by atoms with Crippen LogP contribution in [-0.2, 0) is 16.0 Å². The summed E-state index contributed by atoms with van der Waals surface area (Å²) >= 11 is 0. The first kappa shape index (κ1) is 23.5.